The van der Waals surface area contributed by atoms with E-state index in [1.165, 1.54) is 12.1 Å². The first-order chi connectivity index (χ1) is 11.1. The van der Waals surface area contributed by atoms with Crippen molar-refractivity contribution in [1.29, 1.82) is 0 Å². The van der Waals surface area contributed by atoms with Gasteiger partial charge in [0.05, 0.1) is 5.69 Å². The molecule has 3 rings (SSSR count). The van der Waals surface area contributed by atoms with Gasteiger partial charge in [-0.2, -0.15) is 18.3 Å². The van der Waals surface area contributed by atoms with Gasteiger partial charge in [0.2, 0.25) is 0 Å². The Morgan fingerprint density at radius 1 is 0.783 bits per heavy atom. The SMILES string of the molecule is FC(F)(F)/C(=N\Nc1cccc2ccccc12)c1ccccc1. The van der Waals surface area contributed by atoms with Crippen LogP contribution in [0, 0.1) is 0 Å². The predicted octanol–water partition coefficient (Wildman–Crippen LogP) is 5.22. The van der Waals surface area contributed by atoms with Crippen LogP contribution in [-0.2, 0) is 0 Å². The molecule has 3 aromatic rings. The third-order valence-corrected chi connectivity index (χ3v) is 3.39. The average Bonchev–Trinajstić information content (AvgIpc) is 2.55. The fourth-order valence-electron chi connectivity index (χ4n) is 2.33. The van der Waals surface area contributed by atoms with E-state index >= 15 is 0 Å². The van der Waals surface area contributed by atoms with Crippen molar-refractivity contribution in [3.8, 4) is 0 Å². The minimum atomic E-state index is -4.54. The number of hydrogen-bond donors (Lipinski definition) is 1. The first-order valence-electron chi connectivity index (χ1n) is 7.00. The second-order valence-corrected chi connectivity index (χ2v) is 4.96. The number of nitrogens with zero attached hydrogens (tertiary/aromatic N) is 1. The van der Waals surface area contributed by atoms with Gasteiger partial charge in [-0.3, -0.25) is 5.43 Å². The summed E-state index contributed by atoms with van der Waals surface area (Å²) < 4.78 is 39.8. The third-order valence-electron chi connectivity index (χ3n) is 3.39. The van der Waals surface area contributed by atoms with Gasteiger partial charge in [0, 0.05) is 10.9 Å². The maximum atomic E-state index is 13.3. The summed E-state index contributed by atoms with van der Waals surface area (Å²) in [5, 5.41) is 5.37. The molecule has 0 saturated carbocycles. The topological polar surface area (TPSA) is 24.4 Å². The highest BCUT2D eigenvalue weighted by Crippen LogP contribution is 2.25. The molecule has 0 saturated heterocycles. The van der Waals surface area contributed by atoms with Crippen LogP contribution < -0.4 is 5.43 Å². The van der Waals surface area contributed by atoms with Crippen LogP contribution in [0.5, 0.6) is 0 Å². The van der Waals surface area contributed by atoms with E-state index in [1.54, 1.807) is 30.3 Å². The molecule has 0 aliphatic rings. The molecule has 0 heterocycles. The Labute approximate surface area is 131 Å². The van der Waals surface area contributed by atoms with Crippen LogP contribution in [0.3, 0.4) is 0 Å². The van der Waals surface area contributed by atoms with Gasteiger partial charge in [-0.05, 0) is 11.5 Å². The second kappa shape index (κ2) is 6.12. The molecule has 0 aliphatic heterocycles. The van der Waals surface area contributed by atoms with E-state index < -0.39 is 11.9 Å². The molecule has 0 bridgehead atoms. The summed E-state index contributed by atoms with van der Waals surface area (Å²) in [6.45, 7) is 0. The molecule has 2 nitrogen and oxygen atoms in total. The fraction of sp³-hybridized carbons (Fsp3) is 0.0556. The molecule has 0 unspecified atom stereocenters. The zero-order valence-corrected chi connectivity index (χ0v) is 12.0. The van der Waals surface area contributed by atoms with E-state index in [0.29, 0.717) is 5.69 Å². The predicted molar refractivity (Wildman–Crippen MR) is 86.6 cm³/mol. The largest absolute Gasteiger partial charge is 0.435 e. The summed E-state index contributed by atoms with van der Waals surface area (Å²) >= 11 is 0. The summed E-state index contributed by atoms with van der Waals surface area (Å²) in [5.41, 5.74) is 2.16. The molecule has 0 spiro atoms. The van der Waals surface area contributed by atoms with Crippen molar-refractivity contribution in [2.24, 2.45) is 5.10 Å². The summed E-state index contributed by atoms with van der Waals surface area (Å²) in [6.07, 6.45) is -4.54. The number of rotatable bonds is 3. The van der Waals surface area contributed by atoms with Gasteiger partial charge in [0.25, 0.3) is 0 Å². The van der Waals surface area contributed by atoms with Gasteiger partial charge >= 0.3 is 6.18 Å². The fourth-order valence-corrected chi connectivity index (χ4v) is 2.33. The van der Waals surface area contributed by atoms with Crippen LogP contribution in [0.2, 0.25) is 0 Å². The zero-order valence-electron chi connectivity index (χ0n) is 12.0. The Bertz CT molecular complexity index is 834. The number of hydrogen-bond acceptors (Lipinski definition) is 2. The molecule has 0 radical (unpaired) electrons. The molecule has 0 aliphatic carbocycles. The van der Waals surface area contributed by atoms with E-state index in [4.69, 9.17) is 0 Å². The Hall–Kier alpha value is -2.82. The minimum Gasteiger partial charge on any atom is -0.277 e. The highest BCUT2D eigenvalue weighted by molar-refractivity contribution is 6.05. The Balaban J connectivity index is 2.01. The first kappa shape index (κ1) is 15.1. The highest BCUT2D eigenvalue weighted by Gasteiger charge is 2.37. The van der Waals surface area contributed by atoms with Crippen molar-refractivity contribution in [3.05, 3.63) is 78.4 Å². The van der Waals surface area contributed by atoms with E-state index in [1.807, 2.05) is 30.3 Å². The smallest absolute Gasteiger partial charge is 0.277 e. The lowest BCUT2D eigenvalue weighted by atomic mass is 10.1. The van der Waals surface area contributed by atoms with Gasteiger partial charge in [-0.15, -0.1) is 0 Å². The maximum absolute atomic E-state index is 13.3. The molecule has 1 N–H and O–H groups in total. The molecule has 5 heteroatoms. The molecule has 0 fully saturated rings. The molecule has 23 heavy (non-hydrogen) atoms. The summed E-state index contributed by atoms with van der Waals surface area (Å²) in [4.78, 5) is 0. The number of benzene rings is 3. The van der Waals surface area contributed by atoms with Crippen molar-refractivity contribution in [1.82, 2.24) is 0 Å². The number of hydrazone groups is 1. The average molecular weight is 314 g/mol. The lowest BCUT2D eigenvalue weighted by Crippen LogP contribution is -2.25. The minimum absolute atomic E-state index is 0.0211. The summed E-state index contributed by atoms with van der Waals surface area (Å²) in [6, 6.07) is 20.3. The summed E-state index contributed by atoms with van der Waals surface area (Å²) in [5.74, 6) is 0. The molecule has 0 atom stereocenters. The van der Waals surface area contributed by atoms with Crippen LogP contribution in [0.15, 0.2) is 77.9 Å². The van der Waals surface area contributed by atoms with Gasteiger partial charge < -0.3 is 0 Å². The summed E-state index contributed by atoms with van der Waals surface area (Å²) in [7, 11) is 0. The van der Waals surface area contributed by atoms with Crippen molar-refractivity contribution in [2.75, 3.05) is 5.43 Å². The Kier molecular flexibility index (Phi) is 4.02. The quantitative estimate of drug-likeness (QED) is 0.520. The van der Waals surface area contributed by atoms with Crippen molar-refractivity contribution < 1.29 is 13.2 Å². The van der Waals surface area contributed by atoms with Gasteiger partial charge in [0.1, 0.15) is 0 Å². The number of nitrogens with one attached hydrogen (secondary N) is 1. The molecular weight excluding hydrogens is 301 g/mol. The lowest BCUT2D eigenvalue weighted by molar-refractivity contribution is -0.0581. The van der Waals surface area contributed by atoms with Crippen LogP contribution in [0.25, 0.3) is 10.8 Å². The van der Waals surface area contributed by atoms with Crippen LogP contribution >= 0.6 is 0 Å². The van der Waals surface area contributed by atoms with Gasteiger partial charge in [-0.25, -0.2) is 0 Å². The van der Waals surface area contributed by atoms with E-state index in [9.17, 15) is 13.2 Å². The third kappa shape index (κ3) is 3.34. The van der Waals surface area contributed by atoms with E-state index in [-0.39, 0.29) is 5.56 Å². The monoisotopic (exact) mass is 314 g/mol. The number of fused-ring (bicyclic) bond motifs is 1. The van der Waals surface area contributed by atoms with E-state index in [0.717, 1.165) is 10.8 Å². The number of halogens is 3. The maximum Gasteiger partial charge on any atom is 0.435 e. The standard InChI is InChI=1S/C18H13F3N2/c19-18(20,21)17(14-8-2-1-3-9-14)23-22-16-12-6-10-13-7-4-5-11-15(13)16/h1-12,22H/b23-17-. The normalized spacial score (nSPS) is 12.4. The van der Waals surface area contributed by atoms with Crippen molar-refractivity contribution in [3.63, 3.8) is 0 Å². The molecular formula is C18H13F3N2. The van der Waals surface area contributed by atoms with E-state index in [2.05, 4.69) is 10.5 Å². The Morgan fingerprint density at radius 2 is 1.43 bits per heavy atom. The second-order valence-electron chi connectivity index (χ2n) is 4.96. The molecule has 116 valence electrons. The first-order valence-corrected chi connectivity index (χ1v) is 7.00. The number of anilines is 1. The lowest BCUT2D eigenvalue weighted by Gasteiger charge is -2.12. The van der Waals surface area contributed by atoms with Crippen LogP contribution in [0.1, 0.15) is 5.56 Å². The molecule has 0 amide bonds. The van der Waals surface area contributed by atoms with Crippen LogP contribution in [-0.4, -0.2) is 11.9 Å². The zero-order chi connectivity index (χ0) is 16.3. The van der Waals surface area contributed by atoms with Crippen LogP contribution in [0.4, 0.5) is 18.9 Å². The van der Waals surface area contributed by atoms with Gasteiger partial charge in [-0.1, -0.05) is 66.7 Å². The van der Waals surface area contributed by atoms with Gasteiger partial charge in [0.15, 0.2) is 5.71 Å². The number of alkyl halides is 3. The highest BCUT2D eigenvalue weighted by atomic mass is 19.4. The Morgan fingerprint density at radius 3 is 2.17 bits per heavy atom. The van der Waals surface area contributed by atoms with Crippen molar-refractivity contribution in [2.45, 2.75) is 6.18 Å². The van der Waals surface area contributed by atoms with Crippen molar-refractivity contribution >= 4 is 22.2 Å². The molecule has 0 aromatic heterocycles. The molecule has 3 aromatic carbocycles.